The molecule has 3 heterocycles. The van der Waals surface area contributed by atoms with E-state index < -0.39 is 35.5 Å². The summed E-state index contributed by atoms with van der Waals surface area (Å²) < 4.78 is 7.39. The lowest BCUT2D eigenvalue weighted by Gasteiger charge is -2.15. The molecule has 0 radical (unpaired) electrons. The van der Waals surface area contributed by atoms with Gasteiger partial charge in [0.05, 0.1) is 18.1 Å². The van der Waals surface area contributed by atoms with Gasteiger partial charge in [0.25, 0.3) is 5.91 Å². The largest absolute Gasteiger partial charge is 0.394 e. The van der Waals surface area contributed by atoms with Gasteiger partial charge < -0.3 is 30.6 Å². The van der Waals surface area contributed by atoms with Crippen LogP contribution >= 0.6 is 0 Å². The van der Waals surface area contributed by atoms with Gasteiger partial charge in [0.2, 0.25) is 5.78 Å². The third kappa shape index (κ3) is 3.71. The molecular formula is C18H25N5O5. The van der Waals surface area contributed by atoms with E-state index in [0.717, 1.165) is 0 Å². The molecule has 1 fully saturated rings. The number of hydrogen-bond donors (Lipinski definition) is 4. The third-order valence-electron chi connectivity index (χ3n) is 4.74. The first-order valence-corrected chi connectivity index (χ1v) is 9.00. The normalized spacial score (nSPS) is 22.5. The van der Waals surface area contributed by atoms with E-state index in [9.17, 15) is 19.8 Å². The van der Waals surface area contributed by atoms with Crippen LogP contribution < -0.4 is 11.1 Å². The second-order valence-corrected chi connectivity index (χ2v) is 7.90. The molecule has 2 aromatic heterocycles. The number of amides is 1. The topological polar surface area (TPSA) is 153 Å². The van der Waals surface area contributed by atoms with Gasteiger partial charge >= 0.3 is 0 Å². The van der Waals surface area contributed by atoms with E-state index in [1.807, 2.05) is 0 Å². The van der Waals surface area contributed by atoms with Gasteiger partial charge in [-0.05, 0) is 0 Å². The van der Waals surface area contributed by atoms with Crippen molar-refractivity contribution < 1.29 is 24.5 Å². The zero-order chi connectivity index (χ0) is 20.6. The molecule has 0 saturated carbocycles. The molecule has 10 heteroatoms. The number of aliphatic hydroxyl groups is 2. The van der Waals surface area contributed by atoms with Crippen molar-refractivity contribution in [2.24, 2.45) is 5.41 Å². The summed E-state index contributed by atoms with van der Waals surface area (Å²) in [6.45, 7) is 4.78. The number of nitrogens with two attached hydrogens (primary N) is 1. The van der Waals surface area contributed by atoms with Crippen LogP contribution in [-0.2, 0) is 20.9 Å². The number of nitrogen functional groups attached to an aromatic ring is 1. The van der Waals surface area contributed by atoms with E-state index in [2.05, 4.69) is 15.3 Å². The quantitative estimate of drug-likeness (QED) is 0.515. The van der Waals surface area contributed by atoms with Crippen molar-refractivity contribution in [2.75, 3.05) is 12.3 Å². The number of aromatic nitrogens is 3. The number of fused-ring (bicyclic) bond motifs is 1. The number of carbonyl (C=O) groups is 2. The van der Waals surface area contributed by atoms with E-state index in [1.54, 1.807) is 31.5 Å². The van der Waals surface area contributed by atoms with Crippen molar-refractivity contribution in [2.45, 2.75) is 52.2 Å². The van der Waals surface area contributed by atoms with Gasteiger partial charge in [0, 0.05) is 30.1 Å². The summed E-state index contributed by atoms with van der Waals surface area (Å²) in [6.07, 6.45) is 1.24. The van der Waals surface area contributed by atoms with Crippen LogP contribution in [0.5, 0.6) is 0 Å². The Balaban J connectivity index is 1.89. The summed E-state index contributed by atoms with van der Waals surface area (Å²) in [5, 5.41) is 22.5. The second kappa shape index (κ2) is 7.46. The number of anilines is 1. The van der Waals surface area contributed by atoms with Crippen LogP contribution in [0, 0.1) is 5.41 Å². The number of nitrogens with zero attached hydrogens (tertiary/aromatic N) is 3. The van der Waals surface area contributed by atoms with E-state index in [1.165, 1.54) is 6.33 Å². The second-order valence-electron chi connectivity index (χ2n) is 7.90. The number of hydrogen-bond acceptors (Lipinski definition) is 8. The molecule has 0 aromatic carbocycles. The van der Waals surface area contributed by atoms with Gasteiger partial charge in [-0.3, -0.25) is 9.59 Å². The lowest BCUT2D eigenvalue weighted by atomic mass is 9.90. The van der Waals surface area contributed by atoms with Crippen LogP contribution in [0.15, 0.2) is 12.5 Å². The fraction of sp³-hybridized carbons (Fsp3) is 0.556. The molecule has 1 saturated heterocycles. The number of Topliss-reactive ketones (excluding diaryl/α,β-unsaturated/α-hetero) is 1. The highest BCUT2D eigenvalue weighted by molar-refractivity contribution is 6.37. The van der Waals surface area contributed by atoms with E-state index >= 15 is 0 Å². The Bertz CT molecular complexity index is 904. The molecule has 1 aliphatic heterocycles. The first kappa shape index (κ1) is 20.2. The van der Waals surface area contributed by atoms with Crippen LogP contribution in [0.3, 0.4) is 0 Å². The molecule has 3 rings (SSSR count). The number of carbonyl (C=O) groups excluding carboxylic acids is 2. The Morgan fingerprint density at radius 1 is 1.39 bits per heavy atom. The molecule has 0 bridgehead atoms. The standard InChI is InChI=1S/C18H25N5O5/c1-18(2,3)14(26)17(27)20-5-9-6-23(12-4-10(25)11(7-24)28-12)16-13(9)15(19)21-8-22-16/h6,8,10-12,24-25H,4-5,7H2,1-3H3,(H,20,27)(H2,19,21,22)/t10?,11-,12-/m1/s1. The first-order chi connectivity index (χ1) is 13.1. The maximum Gasteiger partial charge on any atom is 0.288 e. The Hall–Kier alpha value is -2.56. The Morgan fingerprint density at radius 2 is 2.11 bits per heavy atom. The molecule has 0 spiro atoms. The minimum Gasteiger partial charge on any atom is -0.394 e. The molecular weight excluding hydrogens is 366 g/mol. The lowest BCUT2D eigenvalue weighted by molar-refractivity contribution is -0.142. The van der Waals surface area contributed by atoms with Crippen LogP contribution in [-0.4, -0.2) is 55.3 Å². The number of nitrogens with one attached hydrogen (secondary N) is 1. The van der Waals surface area contributed by atoms with Crippen molar-refractivity contribution in [3.05, 3.63) is 18.1 Å². The predicted octanol–water partition coefficient (Wildman–Crippen LogP) is -0.114. The minimum atomic E-state index is -0.806. The van der Waals surface area contributed by atoms with Crippen molar-refractivity contribution in [1.29, 1.82) is 0 Å². The SMILES string of the molecule is CC(C)(C)C(=O)C(=O)NCc1cn([C@H]2CC(O)[C@@H](CO)O2)c2ncnc(N)c12. The maximum absolute atomic E-state index is 12.2. The maximum atomic E-state index is 12.2. The number of ketones is 1. The summed E-state index contributed by atoms with van der Waals surface area (Å²) >= 11 is 0. The molecule has 0 aliphatic carbocycles. The number of ether oxygens (including phenoxy) is 1. The summed E-state index contributed by atoms with van der Waals surface area (Å²) in [4.78, 5) is 32.5. The fourth-order valence-electron chi connectivity index (χ4n) is 3.19. The number of aliphatic hydroxyl groups excluding tert-OH is 2. The van der Waals surface area contributed by atoms with E-state index in [4.69, 9.17) is 10.5 Å². The summed E-state index contributed by atoms with van der Waals surface area (Å²) in [6, 6.07) is 0. The van der Waals surface area contributed by atoms with E-state index in [0.29, 0.717) is 16.6 Å². The summed E-state index contributed by atoms with van der Waals surface area (Å²) in [5.41, 5.74) is 6.33. The molecule has 2 aromatic rings. The molecule has 152 valence electrons. The van der Waals surface area contributed by atoms with Crippen molar-refractivity contribution in [1.82, 2.24) is 19.9 Å². The molecule has 1 amide bonds. The van der Waals surface area contributed by atoms with Crippen LogP contribution in [0.25, 0.3) is 11.0 Å². The van der Waals surface area contributed by atoms with Crippen LogP contribution in [0.1, 0.15) is 39.0 Å². The summed E-state index contributed by atoms with van der Waals surface area (Å²) in [7, 11) is 0. The Labute approximate surface area is 161 Å². The van der Waals surface area contributed by atoms with Gasteiger partial charge in [-0.1, -0.05) is 20.8 Å². The van der Waals surface area contributed by atoms with Crippen LogP contribution in [0.4, 0.5) is 5.82 Å². The van der Waals surface area contributed by atoms with Crippen LogP contribution in [0.2, 0.25) is 0 Å². The Kier molecular flexibility index (Phi) is 5.37. The number of rotatable bonds is 5. The highest BCUT2D eigenvalue weighted by Gasteiger charge is 2.36. The third-order valence-corrected chi connectivity index (χ3v) is 4.74. The molecule has 28 heavy (non-hydrogen) atoms. The predicted molar refractivity (Wildman–Crippen MR) is 99.9 cm³/mol. The molecule has 1 unspecified atom stereocenters. The lowest BCUT2D eigenvalue weighted by Crippen LogP contribution is -2.37. The van der Waals surface area contributed by atoms with Crippen molar-refractivity contribution in [3.63, 3.8) is 0 Å². The first-order valence-electron chi connectivity index (χ1n) is 9.00. The van der Waals surface area contributed by atoms with Crippen molar-refractivity contribution >= 4 is 28.5 Å². The van der Waals surface area contributed by atoms with E-state index in [-0.39, 0.29) is 25.4 Å². The Morgan fingerprint density at radius 3 is 2.71 bits per heavy atom. The zero-order valence-corrected chi connectivity index (χ0v) is 16.0. The molecule has 3 atom stereocenters. The zero-order valence-electron chi connectivity index (χ0n) is 16.0. The van der Waals surface area contributed by atoms with Gasteiger partial charge in [0.1, 0.15) is 30.1 Å². The highest BCUT2D eigenvalue weighted by atomic mass is 16.5. The minimum absolute atomic E-state index is 0.0560. The average molecular weight is 391 g/mol. The smallest absolute Gasteiger partial charge is 0.288 e. The van der Waals surface area contributed by atoms with Gasteiger partial charge in [-0.2, -0.15) is 0 Å². The van der Waals surface area contributed by atoms with Crippen molar-refractivity contribution in [3.8, 4) is 0 Å². The fourth-order valence-corrected chi connectivity index (χ4v) is 3.19. The average Bonchev–Trinajstić information content (AvgIpc) is 3.19. The van der Waals surface area contributed by atoms with Gasteiger partial charge in [-0.15, -0.1) is 0 Å². The monoisotopic (exact) mass is 391 g/mol. The molecule has 10 nitrogen and oxygen atoms in total. The van der Waals surface area contributed by atoms with Gasteiger partial charge in [-0.25, -0.2) is 9.97 Å². The summed E-state index contributed by atoms with van der Waals surface area (Å²) in [5.74, 6) is -0.974. The van der Waals surface area contributed by atoms with Gasteiger partial charge in [0.15, 0.2) is 0 Å². The molecule has 5 N–H and O–H groups in total. The highest BCUT2D eigenvalue weighted by Crippen LogP contribution is 2.34. The molecule has 1 aliphatic rings.